The van der Waals surface area contributed by atoms with Gasteiger partial charge in [0.05, 0.1) is 13.7 Å². The fourth-order valence-electron chi connectivity index (χ4n) is 0.492. The highest BCUT2D eigenvalue weighted by Gasteiger charge is 2.05. The van der Waals surface area contributed by atoms with Crippen LogP contribution in [0.4, 0.5) is 0 Å². The van der Waals surface area contributed by atoms with Gasteiger partial charge in [-0.25, -0.2) is 4.79 Å². The Morgan fingerprint density at radius 1 is 1.55 bits per heavy atom. The number of guanidine groups is 1. The summed E-state index contributed by atoms with van der Waals surface area (Å²) in [5.41, 5.74) is 10.4. The molecular weight excluding hydrogens is 146 g/mol. The summed E-state index contributed by atoms with van der Waals surface area (Å²) in [4.78, 5) is 10.8. The molecule has 0 bridgehead atoms. The van der Waals surface area contributed by atoms with Gasteiger partial charge >= 0.3 is 11.9 Å². The number of ether oxygens (including phenoxy) is 1. The molecule has 0 rings (SSSR count). The Morgan fingerprint density at radius 3 is 2.45 bits per heavy atom. The molecule has 0 fully saturated rings. The third-order valence-electron chi connectivity index (χ3n) is 1.11. The zero-order valence-corrected chi connectivity index (χ0v) is 6.83. The van der Waals surface area contributed by atoms with Gasteiger partial charge in [-0.15, -0.1) is 0 Å². The van der Waals surface area contributed by atoms with Crippen LogP contribution < -0.4 is 11.5 Å². The molecule has 5 heteroatoms. The minimum Gasteiger partial charge on any atom is -0.464 e. The summed E-state index contributed by atoms with van der Waals surface area (Å²) in [6.45, 7) is 2.21. The van der Waals surface area contributed by atoms with Crippen LogP contribution in [0, 0.1) is 0 Å². The highest BCUT2D eigenvalue weighted by molar-refractivity contribution is 5.74. The molecule has 11 heavy (non-hydrogen) atoms. The summed E-state index contributed by atoms with van der Waals surface area (Å²) in [5.74, 6) is -0.221. The first-order valence-corrected chi connectivity index (χ1v) is 3.32. The van der Waals surface area contributed by atoms with Crippen LogP contribution in [0.15, 0.2) is 0 Å². The van der Waals surface area contributed by atoms with Crippen molar-refractivity contribution in [1.82, 2.24) is 0 Å². The maximum absolute atomic E-state index is 10.8. The van der Waals surface area contributed by atoms with Crippen molar-refractivity contribution < 1.29 is 14.1 Å². The number of likely N-dealkylation sites (N-methyl/N-ethyl adjacent to an activating group) is 1. The third kappa shape index (κ3) is 4.19. The number of hydrogen-bond acceptors (Lipinski definition) is 2. The van der Waals surface area contributed by atoms with Crippen LogP contribution in [-0.2, 0) is 9.53 Å². The van der Waals surface area contributed by atoms with Gasteiger partial charge in [-0.3, -0.25) is 16.0 Å². The molecule has 0 heterocycles. The number of hydrogen-bond donors (Lipinski definition) is 2. The molecule has 0 spiro atoms. The van der Waals surface area contributed by atoms with Crippen LogP contribution >= 0.6 is 0 Å². The van der Waals surface area contributed by atoms with Crippen molar-refractivity contribution in [2.45, 2.75) is 6.92 Å². The summed E-state index contributed by atoms with van der Waals surface area (Å²) in [7, 11) is 1.62. The fourth-order valence-corrected chi connectivity index (χ4v) is 0.492. The first-order valence-electron chi connectivity index (χ1n) is 3.32. The lowest BCUT2D eigenvalue weighted by atomic mass is 10.6. The van der Waals surface area contributed by atoms with Crippen molar-refractivity contribution in [3.63, 3.8) is 0 Å². The molecule has 0 aromatic heterocycles. The number of carbonyl (C=O) groups excluding carboxylic acids is 1. The molecule has 0 atom stereocenters. The SMILES string of the molecule is CCOC(=O)C[N+](C)=C(N)N. The second-order valence-corrected chi connectivity index (χ2v) is 2.09. The minimum absolute atomic E-state index is 0.0934. The van der Waals surface area contributed by atoms with Crippen molar-refractivity contribution in [3.8, 4) is 0 Å². The average molecular weight is 160 g/mol. The Hall–Kier alpha value is -1.26. The van der Waals surface area contributed by atoms with Gasteiger partial charge in [0.1, 0.15) is 0 Å². The van der Waals surface area contributed by atoms with E-state index in [0.29, 0.717) is 6.61 Å². The Labute approximate surface area is 65.6 Å². The molecule has 0 amide bonds. The molecule has 4 N–H and O–H groups in total. The quantitative estimate of drug-likeness (QED) is 0.227. The van der Waals surface area contributed by atoms with E-state index in [9.17, 15) is 4.79 Å². The van der Waals surface area contributed by atoms with Gasteiger partial charge in [-0.1, -0.05) is 0 Å². The van der Waals surface area contributed by atoms with Crippen LogP contribution in [0.5, 0.6) is 0 Å². The molecule has 0 radical (unpaired) electrons. The third-order valence-corrected chi connectivity index (χ3v) is 1.11. The van der Waals surface area contributed by atoms with Crippen LogP contribution in [0.2, 0.25) is 0 Å². The first kappa shape index (κ1) is 9.74. The lowest BCUT2D eigenvalue weighted by Gasteiger charge is -2.01. The van der Waals surface area contributed by atoms with E-state index < -0.39 is 0 Å². The van der Waals surface area contributed by atoms with Crippen molar-refractivity contribution in [3.05, 3.63) is 0 Å². The van der Waals surface area contributed by atoms with Gasteiger partial charge in [0.15, 0.2) is 6.54 Å². The molecule has 0 aliphatic heterocycles. The van der Waals surface area contributed by atoms with E-state index >= 15 is 0 Å². The van der Waals surface area contributed by atoms with Crippen molar-refractivity contribution >= 4 is 11.9 Å². The Balaban J connectivity index is 3.86. The van der Waals surface area contributed by atoms with Gasteiger partial charge < -0.3 is 4.74 Å². The lowest BCUT2D eigenvalue weighted by molar-refractivity contribution is -0.489. The Kier molecular flexibility index (Phi) is 4.02. The topological polar surface area (TPSA) is 81.3 Å². The predicted octanol–water partition coefficient (Wildman–Crippen LogP) is -1.53. The second kappa shape index (κ2) is 4.54. The Bertz CT molecular complexity index is 173. The normalized spacial score (nSPS) is 8.91. The molecule has 0 unspecified atom stereocenters. The molecule has 0 saturated carbocycles. The maximum atomic E-state index is 10.8. The fraction of sp³-hybridized carbons (Fsp3) is 0.667. The minimum atomic E-state index is -0.330. The summed E-state index contributed by atoms with van der Waals surface area (Å²) in [6, 6.07) is 0. The molecule has 0 aromatic rings. The summed E-state index contributed by atoms with van der Waals surface area (Å²) in [6.07, 6.45) is 0. The number of rotatable bonds is 3. The van der Waals surface area contributed by atoms with E-state index in [1.807, 2.05) is 0 Å². The van der Waals surface area contributed by atoms with Crippen molar-refractivity contribution in [2.24, 2.45) is 11.5 Å². The highest BCUT2D eigenvalue weighted by Crippen LogP contribution is 1.77. The van der Waals surface area contributed by atoms with E-state index in [0.717, 1.165) is 0 Å². The molecular formula is C6H14N3O2+. The van der Waals surface area contributed by atoms with Crippen LogP contribution in [0.3, 0.4) is 0 Å². The molecule has 0 saturated heterocycles. The van der Waals surface area contributed by atoms with Gasteiger partial charge in [0.25, 0.3) is 0 Å². The largest absolute Gasteiger partial charge is 0.464 e. The summed E-state index contributed by atoms with van der Waals surface area (Å²) in [5, 5.41) is 0. The van der Waals surface area contributed by atoms with E-state index in [-0.39, 0.29) is 18.5 Å². The number of nitrogens with zero attached hydrogens (tertiary/aromatic N) is 1. The van der Waals surface area contributed by atoms with E-state index in [2.05, 4.69) is 4.74 Å². The van der Waals surface area contributed by atoms with E-state index in [1.165, 1.54) is 4.58 Å². The summed E-state index contributed by atoms with van der Waals surface area (Å²) >= 11 is 0. The van der Waals surface area contributed by atoms with Gasteiger partial charge in [-0.05, 0) is 6.92 Å². The van der Waals surface area contributed by atoms with Crippen LogP contribution in [-0.4, -0.2) is 36.7 Å². The van der Waals surface area contributed by atoms with E-state index in [1.54, 1.807) is 14.0 Å². The molecule has 64 valence electrons. The monoisotopic (exact) mass is 160 g/mol. The van der Waals surface area contributed by atoms with Crippen molar-refractivity contribution in [1.29, 1.82) is 0 Å². The second-order valence-electron chi connectivity index (χ2n) is 2.09. The van der Waals surface area contributed by atoms with E-state index in [4.69, 9.17) is 11.5 Å². The summed E-state index contributed by atoms with van der Waals surface area (Å²) < 4.78 is 6.07. The molecule has 0 aliphatic carbocycles. The zero-order valence-electron chi connectivity index (χ0n) is 6.83. The number of esters is 1. The van der Waals surface area contributed by atoms with Gasteiger partial charge in [0, 0.05) is 0 Å². The molecule has 0 aromatic carbocycles. The zero-order chi connectivity index (χ0) is 8.85. The standard InChI is InChI=1S/C6H13N3O2/c1-3-11-5(10)4-9(2)6(7)8/h3-4H2,1-2H3,(H3,7,8)/p+1. The molecule has 0 aliphatic rings. The number of nitrogens with two attached hydrogens (primary N) is 2. The van der Waals surface area contributed by atoms with Crippen LogP contribution in [0.25, 0.3) is 0 Å². The van der Waals surface area contributed by atoms with Gasteiger partial charge in [-0.2, -0.15) is 0 Å². The maximum Gasteiger partial charge on any atom is 0.341 e. The average Bonchev–Trinajstić information content (AvgIpc) is 1.87. The Morgan fingerprint density at radius 2 is 2.09 bits per heavy atom. The van der Waals surface area contributed by atoms with Crippen molar-refractivity contribution in [2.75, 3.05) is 20.2 Å². The van der Waals surface area contributed by atoms with Gasteiger partial charge in [0.2, 0.25) is 0 Å². The predicted molar refractivity (Wildman–Crippen MR) is 41.1 cm³/mol. The van der Waals surface area contributed by atoms with Crippen LogP contribution in [0.1, 0.15) is 6.92 Å². The first-order chi connectivity index (χ1) is 5.07. The molecule has 5 nitrogen and oxygen atoms in total. The highest BCUT2D eigenvalue weighted by atomic mass is 16.5. The number of carbonyl (C=O) groups is 1. The lowest BCUT2D eigenvalue weighted by Crippen LogP contribution is -2.36. The smallest absolute Gasteiger partial charge is 0.341 e.